The van der Waals surface area contributed by atoms with Crippen LogP contribution in [0.5, 0.6) is 46.0 Å². The molecule has 0 fully saturated rings. The predicted molar refractivity (Wildman–Crippen MR) is 256 cm³/mol. The van der Waals surface area contributed by atoms with Gasteiger partial charge in [0.15, 0.2) is 39.6 Å². The van der Waals surface area contributed by atoms with Gasteiger partial charge in [0.05, 0.1) is 44.8 Å². The van der Waals surface area contributed by atoms with Gasteiger partial charge in [-0.1, -0.05) is 53.3 Å². The Labute approximate surface area is 389 Å². The quantitative estimate of drug-likeness (QED) is 0.121. The van der Waals surface area contributed by atoms with E-state index in [0.717, 1.165) is 60.4 Å². The van der Waals surface area contributed by atoms with Crippen LogP contribution in [0.3, 0.4) is 0 Å². The highest BCUT2D eigenvalue weighted by atomic mass is 35.5. The number of methoxy groups -OCH3 is 3. The molecule has 0 spiro atoms. The fourth-order valence-corrected chi connectivity index (χ4v) is 10.1. The molecule has 0 aliphatic carbocycles. The molecule has 338 valence electrons. The van der Waals surface area contributed by atoms with Crippen LogP contribution in [0.25, 0.3) is 0 Å². The number of ether oxygens (including phenoxy) is 6. The molecular weight excluding hydrogens is 862 g/mol. The van der Waals surface area contributed by atoms with Crippen LogP contribution in [0.4, 0.5) is 10.8 Å². The summed E-state index contributed by atoms with van der Waals surface area (Å²) in [7, 11) is 9.38. The van der Waals surface area contributed by atoms with Gasteiger partial charge in [0, 0.05) is 37.3 Å². The molecule has 12 nitrogen and oxygen atoms in total. The number of halogens is 1. The molecule has 65 heavy (non-hydrogen) atoms. The summed E-state index contributed by atoms with van der Waals surface area (Å²) in [5.41, 5.74) is 8.43. The van der Waals surface area contributed by atoms with E-state index in [1.807, 2.05) is 37.3 Å². The van der Waals surface area contributed by atoms with E-state index in [1.165, 1.54) is 28.0 Å². The van der Waals surface area contributed by atoms with Crippen molar-refractivity contribution in [1.82, 2.24) is 14.8 Å². The first-order valence-corrected chi connectivity index (χ1v) is 23.2. The molecule has 2 atom stereocenters. The first-order chi connectivity index (χ1) is 31.6. The number of hydrogen-bond donors (Lipinski definition) is 2. The Morgan fingerprint density at radius 3 is 2.32 bits per heavy atom. The lowest BCUT2D eigenvalue weighted by atomic mass is 9.87. The van der Waals surface area contributed by atoms with Crippen molar-refractivity contribution in [2.45, 2.75) is 51.1 Å². The third-order valence-electron chi connectivity index (χ3n) is 12.7. The number of para-hydroxylation sites is 1. The van der Waals surface area contributed by atoms with E-state index in [4.69, 9.17) is 40.0 Å². The Hall–Kier alpha value is -5.99. The second-order valence-electron chi connectivity index (χ2n) is 16.8. The van der Waals surface area contributed by atoms with E-state index < -0.39 is 0 Å². The summed E-state index contributed by atoms with van der Waals surface area (Å²) in [6.45, 7) is 4.70. The molecule has 0 radical (unpaired) electrons. The number of amides is 1. The number of anilines is 2. The summed E-state index contributed by atoms with van der Waals surface area (Å²) in [5.74, 6) is 4.86. The lowest BCUT2D eigenvalue weighted by Gasteiger charge is -2.37. The molecule has 6 aromatic rings. The number of thiazole rings is 1. The van der Waals surface area contributed by atoms with Gasteiger partial charge >= 0.3 is 0 Å². The zero-order chi connectivity index (χ0) is 45.2. The topological polar surface area (TPSA) is 116 Å². The van der Waals surface area contributed by atoms with Crippen LogP contribution in [0.2, 0.25) is 5.02 Å². The number of rotatable bonds is 11. The van der Waals surface area contributed by atoms with E-state index in [9.17, 15) is 4.79 Å². The molecule has 1 aromatic heterocycles. The summed E-state index contributed by atoms with van der Waals surface area (Å²) in [4.78, 5) is 22.7. The van der Waals surface area contributed by atoms with Gasteiger partial charge in [-0.15, -0.1) is 0 Å². The van der Waals surface area contributed by atoms with Crippen molar-refractivity contribution in [3.05, 3.63) is 134 Å². The van der Waals surface area contributed by atoms with Crippen molar-refractivity contribution in [2.75, 3.05) is 72.3 Å². The first-order valence-electron chi connectivity index (χ1n) is 22.0. The van der Waals surface area contributed by atoms with Gasteiger partial charge in [-0.05, 0) is 135 Å². The average molecular weight is 917 g/mol. The minimum atomic E-state index is -0.256. The summed E-state index contributed by atoms with van der Waals surface area (Å²) in [6, 6.07) is 26.6. The van der Waals surface area contributed by atoms with E-state index in [-0.39, 0.29) is 18.0 Å². The molecular formula is C51H54ClN5O7S. The molecule has 5 aromatic carbocycles. The third-order valence-corrected chi connectivity index (χ3v) is 13.9. The molecule has 14 heteroatoms. The van der Waals surface area contributed by atoms with Crippen molar-refractivity contribution in [1.29, 1.82) is 0 Å². The maximum absolute atomic E-state index is 13.0. The number of nitrogens with one attached hydrogen (secondary N) is 2. The molecule has 2 unspecified atom stereocenters. The van der Waals surface area contributed by atoms with Crippen LogP contribution in [0.1, 0.15) is 67.1 Å². The number of aromatic nitrogens is 1. The minimum absolute atomic E-state index is 0.0716. The molecule has 0 saturated carbocycles. The third kappa shape index (κ3) is 9.28. The second kappa shape index (κ2) is 19.2. The van der Waals surface area contributed by atoms with Crippen molar-refractivity contribution in [3.63, 3.8) is 0 Å². The zero-order valence-corrected chi connectivity index (χ0v) is 39.2. The van der Waals surface area contributed by atoms with Gasteiger partial charge in [-0.3, -0.25) is 14.6 Å². The van der Waals surface area contributed by atoms with Crippen LogP contribution in [-0.4, -0.2) is 82.4 Å². The largest absolute Gasteiger partial charge is 0.493 e. The van der Waals surface area contributed by atoms with Crippen LogP contribution >= 0.6 is 22.9 Å². The highest BCUT2D eigenvalue weighted by molar-refractivity contribution is 7.17. The molecule has 4 aliphatic rings. The number of carbonyl (C=O) groups is 1. The zero-order valence-electron chi connectivity index (χ0n) is 37.6. The number of likely N-dealkylation sites (N-methyl/N-ethyl adjacent to an activating group) is 2. The standard InChI is InChI=1S/C51H54ClN5O7S/c1-30-9-7-10-37(52)47(30)55-50(58)45-29-54-51(65-45)53-19-8-22-62-40-16-13-32-24-39-46-34(18-21-57(39)3)27-44(60-5)48(61-6)49(46)64-43-28-36-33(26-41(43)59-4)17-20-56(2)38(36)23-31-11-14-35(15-12-31)63-42(40)25-32/h7,9-16,25-29,38-39H,8,17-24H2,1-6H3,(H,53,54)(H,55,58). The molecule has 4 aliphatic heterocycles. The number of carbonyl (C=O) groups excluding carboxylic acids is 1. The molecule has 2 N–H and O–H groups in total. The Balaban J connectivity index is 0.997. The van der Waals surface area contributed by atoms with Gasteiger partial charge in [0.2, 0.25) is 5.75 Å². The van der Waals surface area contributed by atoms with E-state index >= 15 is 0 Å². The monoisotopic (exact) mass is 915 g/mol. The Kier molecular flexibility index (Phi) is 13.1. The average Bonchev–Trinajstić information content (AvgIpc) is 3.79. The van der Waals surface area contributed by atoms with Crippen LogP contribution in [0, 0.1) is 6.92 Å². The molecule has 6 bridgehead atoms. The summed E-state index contributed by atoms with van der Waals surface area (Å²) in [5, 5.41) is 7.39. The fraction of sp³-hybridized carbons (Fsp3) is 0.333. The van der Waals surface area contributed by atoms with E-state index in [0.29, 0.717) is 87.0 Å². The second-order valence-corrected chi connectivity index (χ2v) is 18.2. The van der Waals surface area contributed by atoms with Crippen LogP contribution < -0.4 is 39.1 Å². The Morgan fingerprint density at radius 1 is 0.831 bits per heavy atom. The lowest BCUT2D eigenvalue weighted by molar-refractivity contribution is 0.103. The maximum Gasteiger partial charge on any atom is 0.267 e. The molecule has 10 rings (SSSR count). The summed E-state index contributed by atoms with van der Waals surface area (Å²) >= 11 is 7.63. The Bertz CT molecular complexity index is 2690. The minimum Gasteiger partial charge on any atom is -0.493 e. The fourth-order valence-electron chi connectivity index (χ4n) is 9.10. The molecule has 1 amide bonds. The maximum atomic E-state index is 13.0. The van der Waals surface area contributed by atoms with Crippen LogP contribution in [0.15, 0.2) is 85.1 Å². The highest BCUT2D eigenvalue weighted by Crippen LogP contribution is 2.52. The van der Waals surface area contributed by atoms with E-state index in [1.54, 1.807) is 33.6 Å². The smallest absolute Gasteiger partial charge is 0.267 e. The molecule has 0 saturated heterocycles. The highest BCUT2D eigenvalue weighted by Gasteiger charge is 2.35. The van der Waals surface area contributed by atoms with Gasteiger partial charge < -0.3 is 39.1 Å². The number of benzene rings is 5. The van der Waals surface area contributed by atoms with E-state index in [2.05, 4.69) is 82.0 Å². The molecule has 5 heterocycles. The first kappa shape index (κ1) is 44.2. The summed E-state index contributed by atoms with van der Waals surface area (Å²) in [6.07, 6.45) is 5.44. The number of nitrogens with zero attached hydrogens (tertiary/aromatic N) is 3. The van der Waals surface area contributed by atoms with Gasteiger partial charge in [0.1, 0.15) is 10.6 Å². The summed E-state index contributed by atoms with van der Waals surface area (Å²) < 4.78 is 38.4. The van der Waals surface area contributed by atoms with Gasteiger partial charge in [-0.25, -0.2) is 4.98 Å². The van der Waals surface area contributed by atoms with Crippen molar-refractivity contribution in [3.8, 4) is 46.0 Å². The van der Waals surface area contributed by atoms with Gasteiger partial charge in [0.25, 0.3) is 5.91 Å². The number of hydrogen-bond acceptors (Lipinski definition) is 12. The van der Waals surface area contributed by atoms with Gasteiger partial charge in [-0.2, -0.15) is 0 Å². The van der Waals surface area contributed by atoms with Crippen molar-refractivity contribution >= 4 is 39.7 Å². The normalized spacial score (nSPS) is 16.8. The Morgan fingerprint density at radius 2 is 1.55 bits per heavy atom. The van der Waals surface area contributed by atoms with Crippen LogP contribution in [-0.2, 0) is 25.7 Å². The van der Waals surface area contributed by atoms with Crippen molar-refractivity contribution < 1.29 is 33.2 Å². The SMILES string of the molecule is COc1cc2c3cc1Oc1c(OC)c(OC)cc4c1C(Cc1ccc(OCCCNc5ncc(C(=O)Nc6c(C)cccc6Cl)s5)c(c1)Oc1ccc(cc1)CC3N(C)CC2)N(C)CC4. The lowest BCUT2D eigenvalue weighted by Crippen LogP contribution is -2.34. The predicted octanol–water partition coefficient (Wildman–Crippen LogP) is 10.7. The number of fused-ring (bicyclic) bond motifs is 2. The number of aryl methyl sites for hydroxylation is 1. The van der Waals surface area contributed by atoms with Crippen molar-refractivity contribution in [2.24, 2.45) is 0 Å².